The molecule has 0 saturated carbocycles. The first-order valence-electron chi connectivity index (χ1n) is 6.37. The predicted molar refractivity (Wildman–Crippen MR) is 75.5 cm³/mol. The molecule has 0 aliphatic heterocycles. The largest absolute Gasteiger partial charge is 0.460 e. The zero-order valence-electron chi connectivity index (χ0n) is 11.9. The van der Waals surface area contributed by atoms with Crippen LogP contribution in [-0.4, -0.2) is 23.8 Å². The molecule has 1 rings (SSSR count). The maximum absolute atomic E-state index is 11.7. The minimum Gasteiger partial charge on any atom is -0.460 e. The van der Waals surface area contributed by atoms with Gasteiger partial charge in [-0.25, -0.2) is 0 Å². The van der Waals surface area contributed by atoms with E-state index in [2.05, 4.69) is 5.32 Å². The van der Waals surface area contributed by atoms with Crippen LogP contribution in [-0.2, 0) is 14.3 Å². The third kappa shape index (κ3) is 6.13. The number of hydrogen-bond acceptors (Lipinski definition) is 4. The van der Waals surface area contributed by atoms with Gasteiger partial charge in [0.05, 0.1) is 6.42 Å². The molecule has 1 aromatic rings. The van der Waals surface area contributed by atoms with Gasteiger partial charge in [-0.1, -0.05) is 12.1 Å². The van der Waals surface area contributed by atoms with Crippen molar-refractivity contribution >= 4 is 23.9 Å². The molecule has 5 nitrogen and oxygen atoms in total. The lowest BCUT2D eigenvalue weighted by molar-refractivity contribution is -0.155. The molecule has 0 atom stereocenters. The Morgan fingerprint density at radius 3 is 2.55 bits per heavy atom. The molecule has 20 heavy (non-hydrogen) atoms. The van der Waals surface area contributed by atoms with Crippen molar-refractivity contribution in [1.29, 1.82) is 0 Å². The van der Waals surface area contributed by atoms with Crippen molar-refractivity contribution < 1.29 is 19.1 Å². The first-order chi connectivity index (χ1) is 9.30. The molecule has 0 aromatic heterocycles. The summed E-state index contributed by atoms with van der Waals surface area (Å²) in [5, 5.41) is 2.63. The van der Waals surface area contributed by atoms with Gasteiger partial charge in [0.1, 0.15) is 11.9 Å². The summed E-state index contributed by atoms with van der Waals surface area (Å²) in [7, 11) is 0. The Labute approximate surface area is 118 Å². The number of carbonyl (C=O) groups is 3. The van der Waals surface area contributed by atoms with Gasteiger partial charge in [0, 0.05) is 17.7 Å². The van der Waals surface area contributed by atoms with Crippen LogP contribution in [0.25, 0.3) is 0 Å². The molecule has 1 aromatic carbocycles. The fourth-order valence-electron chi connectivity index (χ4n) is 1.52. The Morgan fingerprint density at radius 2 is 1.95 bits per heavy atom. The van der Waals surface area contributed by atoms with E-state index in [0.717, 1.165) is 0 Å². The molecule has 1 amide bonds. The van der Waals surface area contributed by atoms with Crippen LogP contribution in [0.4, 0.5) is 5.69 Å². The number of nitrogens with one attached hydrogen (secondary N) is 1. The lowest BCUT2D eigenvalue weighted by atomic mass is 10.2. The van der Waals surface area contributed by atoms with Crippen LogP contribution in [0, 0.1) is 0 Å². The zero-order valence-corrected chi connectivity index (χ0v) is 11.9. The standard InChI is InChI=1S/C15H19NO4/c1-15(2,3)20-14(19)8-7-13(18)16-12-6-4-5-11(9-12)10-17/h4-6,9-10H,7-8H2,1-3H3,(H,16,18). The Balaban J connectivity index is 2.44. The van der Waals surface area contributed by atoms with Crippen LogP contribution in [0.3, 0.4) is 0 Å². The van der Waals surface area contributed by atoms with Gasteiger partial charge in [-0.15, -0.1) is 0 Å². The van der Waals surface area contributed by atoms with E-state index in [1.54, 1.807) is 45.0 Å². The van der Waals surface area contributed by atoms with Gasteiger partial charge in [-0.3, -0.25) is 14.4 Å². The van der Waals surface area contributed by atoms with Crippen molar-refractivity contribution in [2.45, 2.75) is 39.2 Å². The molecule has 0 aliphatic rings. The van der Waals surface area contributed by atoms with E-state index in [4.69, 9.17) is 4.74 Å². The molecule has 0 saturated heterocycles. The third-order valence-corrected chi connectivity index (χ3v) is 2.28. The van der Waals surface area contributed by atoms with Gasteiger partial charge in [0.2, 0.25) is 5.91 Å². The number of esters is 1. The minimum atomic E-state index is -0.550. The van der Waals surface area contributed by atoms with Crippen molar-refractivity contribution in [2.24, 2.45) is 0 Å². The lowest BCUT2D eigenvalue weighted by Crippen LogP contribution is -2.24. The van der Waals surface area contributed by atoms with Gasteiger partial charge in [-0.05, 0) is 32.9 Å². The highest BCUT2D eigenvalue weighted by atomic mass is 16.6. The topological polar surface area (TPSA) is 72.5 Å². The molecule has 0 heterocycles. The van der Waals surface area contributed by atoms with Gasteiger partial charge in [0.25, 0.3) is 0 Å². The number of hydrogen-bond donors (Lipinski definition) is 1. The van der Waals surface area contributed by atoms with Crippen LogP contribution >= 0.6 is 0 Å². The van der Waals surface area contributed by atoms with E-state index in [-0.39, 0.29) is 18.7 Å². The molecule has 0 spiro atoms. The number of ether oxygens (including phenoxy) is 1. The molecular formula is C15H19NO4. The van der Waals surface area contributed by atoms with Crippen LogP contribution in [0.15, 0.2) is 24.3 Å². The van der Waals surface area contributed by atoms with Crippen LogP contribution in [0.1, 0.15) is 44.0 Å². The summed E-state index contributed by atoms with van der Waals surface area (Å²) >= 11 is 0. The normalized spacial score (nSPS) is 10.8. The molecule has 0 bridgehead atoms. The Bertz CT molecular complexity index is 503. The van der Waals surface area contributed by atoms with Gasteiger partial charge >= 0.3 is 5.97 Å². The summed E-state index contributed by atoms with van der Waals surface area (Å²) < 4.78 is 5.11. The van der Waals surface area contributed by atoms with E-state index in [1.807, 2.05) is 0 Å². The van der Waals surface area contributed by atoms with E-state index in [9.17, 15) is 14.4 Å². The molecule has 0 radical (unpaired) electrons. The molecule has 108 valence electrons. The second kappa shape index (κ2) is 6.84. The predicted octanol–water partition coefficient (Wildman–Crippen LogP) is 2.56. The molecule has 5 heteroatoms. The van der Waals surface area contributed by atoms with Gasteiger partial charge < -0.3 is 10.1 Å². The van der Waals surface area contributed by atoms with Crippen molar-refractivity contribution in [3.05, 3.63) is 29.8 Å². The second-order valence-electron chi connectivity index (χ2n) is 5.38. The first-order valence-corrected chi connectivity index (χ1v) is 6.37. The smallest absolute Gasteiger partial charge is 0.306 e. The van der Waals surface area contributed by atoms with Crippen LogP contribution in [0.2, 0.25) is 0 Å². The summed E-state index contributed by atoms with van der Waals surface area (Å²) in [4.78, 5) is 33.8. The molecule has 1 N–H and O–H groups in total. The second-order valence-corrected chi connectivity index (χ2v) is 5.38. The quantitative estimate of drug-likeness (QED) is 0.663. The summed E-state index contributed by atoms with van der Waals surface area (Å²) in [6, 6.07) is 6.56. The zero-order chi connectivity index (χ0) is 15.2. The highest BCUT2D eigenvalue weighted by Gasteiger charge is 2.17. The van der Waals surface area contributed by atoms with E-state index in [1.165, 1.54) is 0 Å². The average molecular weight is 277 g/mol. The molecule has 0 fully saturated rings. The molecular weight excluding hydrogens is 258 g/mol. The maximum atomic E-state index is 11.7. The van der Waals surface area contributed by atoms with Crippen molar-refractivity contribution in [2.75, 3.05) is 5.32 Å². The summed E-state index contributed by atoms with van der Waals surface area (Å²) in [6.45, 7) is 5.32. The number of benzene rings is 1. The van der Waals surface area contributed by atoms with Crippen molar-refractivity contribution in [3.8, 4) is 0 Å². The number of anilines is 1. The van der Waals surface area contributed by atoms with Crippen LogP contribution in [0.5, 0.6) is 0 Å². The number of amides is 1. The summed E-state index contributed by atoms with van der Waals surface area (Å²) in [5.74, 6) is -0.701. The Kier molecular flexibility index (Phi) is 5.43. The van der Waals surface area contributed by atoms with Gasteiger partial charge in [-0.2, -0.15) is 0 Å². The SMILES string of the molecule is CC(C)(C)OC(=O)CCC(=O)Nc1cccc(C=O)c1. The van der Waals surface area contributed by atoms with E-state index < -0.39 is 11.6 Å². The van der Waals surface area contributed by atoms with Gasteiger partial charge in [0.15, 0.2) is 0 Å². The number of aldehydes is 1. The summed E-state index contributed by atoms with van der Waals surface area (Å²) in [6.07, 6.45) is 0.771. The summed E-state index contributed by atoms with van der Waals surface area (Å²) in [5.41, 5.74) is 0.463. The lowest BCUT2D eigenvalue weighted by Gasteiger charge is -2.19. The Morgan fingerprint density at radius 1 is 1.25 bits per heavy atom. The molecule has 0 aliphatic carbocycles. The van der Waals surface area contributed by atoms with Crippen LogP contribution < -0.4 is 5.32 Å². The first kappa shape index (κ1) is 15.9. The minimum absolute atomic E-state index is 0.0243. The maximum Gasteiger partial charge on any atom is 0.306 e. The number of rotatable bonds is 5. The fraction of sp³-hybridized carbons (Fsp3) is 0.400. The van der Waals surface area contributed by atoms with E-state index >= 15 is 0 Å². The highest BCUT2D eigenvalue weighted by Crippen LogP contribution is 2.11. The third-order valence-electron chi connectivity index (χ3n) is 2.28. The van der Waals surface area contributed by atoms with E-state index in [0.29, 0.717) is 17.5 Å². The monoisotopic (exact) mass is 277 g/mol. The highest BCUT2D eigenvalue weighted by molar-refractivity contribution is 5.93. The Hall–Kier alpha value is -2.17. The average Bonchev–Trinajstić information content (AvgIpc) is 2.34. The number of carbonyl (C=O) groups excluding carboxylic acids is 3. The van der Waals surface area contributed by atoms with Crippen molar-refractivity contribution in [3.63, 3.8) is 0 Å². The fourth-order valence-corrected chi connectivity index (χ4v) is 1.52. The van der Waals surface area contributed by atoms with Crippen molar-refractivity contribution in [1.82, 2.24) is 0 Å². The molecule has 0 unspecified atom stereocenters.